The fourth-order valence-corrected chi connectivity index (χ4v) is 2.33. The average Bonchev–Trinajstić information content (AvgIpc) is 2.45. The fourth-order valence-electron chi connectivity index (χ4n) is 1.47. The highest BCUT2D eigenvalue weighted by molar-refractivity contribution is 7.98. The molecule has 2 N–H and O–H groups in total. The summed E-state index contributed by atoms with van der Waals surface area (Å²) < 4.78 is 0. The monoisotopic (exact) mass is 258 g/mol. The average molecular weight is 258 g/mol. The summed E-state index contributed by atoms with van der Waals surface area (Å²) in [4.78, 5) is 5.19. The zero-order valence-corrected chi connectivity index (χ0v) is 10.6. The maximum atomic E-state index is 8.39. The Labute approximate surface area is 111 Å². The molecule has 0 spiro atoms. The Morgan fingerprint density at radius 1 is 1.06 bits per heavy atom. The van der Waals surface area contributed by atoms with Crippen molar-refractivity contribution in [1.82, 2.24) is 5.48 Å². The standard InChI is InChI=1S/C14H14N2OS/c17-16-11-15-13-6-8-14(9-7-13)18-10-12-4-2-1-3-5-12/h1-9,11,17H,10H2,(H,15,16). The molecule has 4 heteroatoms. The minimum Gasteiger partial charge on any atom is -0.290 e. The van der Waals surface area contributed by atoms with E-state index >= 15 is 0 Å². The van der Waals surface area contributed by atoms with Gasteiger partial charge in [0.1, 0.15) is 6.34 Å². The summed E-state index contributed by atoms with van der Waals surface area (Å²) in [5.41, 5.74) is 4.00. The number of hydrogen-bond acceptors (Lipinski definition) is 3. The third-order valence-corrected chi connectivity index (χ3v) is 3.44. The van der Waals surface area contributed by atoms with Gasteiger partial charge in [-0.2, -0.15) is 0 Å². The number of hydroxylamine groups is 1. The maximum absolute atomic E-state index is 8.39. The Balaban J connectivity index is 1.92. The Bertz CT molecular complexity index is 497. The Morgan fingerprint density at radius 2 is 1.78 bits per heavy atom. The third-order valence-electron chi connectivity index (χ3n) is 2.36. The zero-order chi connectivity index (χ0) is 12.6. The van der Waals surface area contributed by atoms with Gasteiger partial charge in [-0.15, -0.1) is 11.8 Å². The zero-order valence-electron chi connectivity index (χ0n) is 9.78. The molecule has 0 atom stereocenters. The van der Waals surface area contributed by atoms with Crippen LogP contribution in [0.5, 0.6) is 0 Å². The first-order chi connectivity index (χ1) is 8.88. The van der Waals surface area contributed by atoms with Crippen LogP contribution in [0.3, 0.4) is 0 Å². The number of hydrogen-bond donors (Lipinski definition) is 2. The summed E-state index contributed by atoms with van der Waals surface area (Å²) in [5.74, 6) is 0.960. The predicted octanol–water partition coefficient (Wildman–Crippen LogP) is 3.62. The van der Waals surface area contributed by atoms with Crippen molar-refractivity contribution in [2.45, 2.75) is 10.6 Å². The first-order valence-electron chi connectivity index (χ1n) is 5.57. The fraction of sp³-hybridized carbons (Fsp3) is 0.0714. The lowest BCUT2D eigenvalue weighted by Crippen LogP contribution is -2.00. The van der Waals surface area contributed by atoms with Crippen LogP contribution in [0.15, 0.2) is 64.5 Å². The lowest BCUT2D eigenvalue weighted by atomic mass is 10.2. The molecule has 2 aromatic rings. The molecule has 0 fully saturated rings. The lowest BCUT2D eigenvalue weighted by Gasteiger charge is -2.02. The second kappa shape index (κ2) is 6.83. The molecule has 0 radical (unpaired) electrons. The number of thioether (sulfide) groups is 1. The maximum Gasteiger partial charge on any atom is 0.113 e. The van der Waals surface area contributed by atoms with Gasteiger partial charge in [0.2, 0.25) is 0 Å². The van der Waals surface area contributed by atoms with Crippen LogP contribution < -0.4 is 5.48 Å². The highest BCUT2D eigenvalue weighted by atomic mass is 32.2. The van der Waals surface area contributed by atoms with Gasteiger partial charge in [-0.1, -0.05) is 30.3 Å². The molecule has 0 unspecified atom stereocenters. The molecular formula is C14H14N2OS. The molecule has 0 amide bonds. The normalized spacial score (nSPS) is 10.7. The van der Waals surface area contributed by atoms with Crippen molar-refractivity contribution in [3.8, 4) is 0 Å². The smallest absolute Gasteiger partial charge is 0.113 e. The SMILES string of the molecule is ONC=Nc1ccc(SCc2ccccc2)cc1. The van der Waals surface area contributed by atoms with E-state index in [1.807, 2.05) is 35.8 Å². The van der Waals surface area contributed by atoms with Gasteiger partial charge in [0.15, 0.2) is 0 Å². The molecule has 0 saturated carbocycles. The van der Waals surface area contributed by atoms with Crippen molar-refractivity contribution in [3.05, 3.63) is 60.2 Å². The molecule has 18 heavy (non-hydrogen) atoms. The van der Waals surface area contributed by atoms with Crippen LogP contribution in [0.4, 0.5) is 5.69 Å². The molecule has 0 bridgehead atoms. The summed E-state index contributed by atoms with van der Waals surface area (Å²) in [7, 11) is 0. The largest absolute Gasteiger partial charge is 0.290 e. The van der Waals surface area contributed by atoms with Crippen LogP contribution in [-0.4, -0.2) is 11.5 Å². The van der Waals surface area contributed by atoms with E-state index in [1.165, 1.54) is 16.8 Å². The van der Waals surface area contributed by atoms with Gasteiger partial charge < -0.3 is 0 Å². The van der Waals surface area contributed by atoms with E-state index in [1.54, 1.807) is 11.8 Å². The molecule has 0 heterocycles. The lowest BCUT2D eigenvalue weighted by molar-refractivity contribution is 0.240. The number of rotatable bonds is 5. The minimum absolute atomic E-state index is 0.806. The van der Waals surface area contributed by atoms with E-state index < -0.39 is 0 Å². The first-order valence-corrected chi connectivity index (χ1v) is 6.56. The number of aliphatic imine (C=N–C) groups is 1. The van der Waals surface area contributed by atoms with Gasteiger partial charge in [0.25, 0.3) is 0 Å². The van der Waals surface area contributed by atoms with Crippen molar-refractivity contribution < 1.29 is 5.21 Å². The van der Waals surface area contributed by atoms with E-state index in [0.29, 0.717) is 0 Å². The number of benzene rings is 2. The predicted molar refractivity (Wildman–Crippen MR) is 75.5 cm³/mol. The van der Waals surface area contributed by atoms with E-state index in [0.717, 1.165) is 11.4 Å². The van der Waals surface area contributed by atoms with E-state index in [2.05, 4.69) is 29.3 Å². The number of nitrogens with zero attached hydrogens (tertiary/aromatic N) is 1. The van der Waals surface area contributed by atoms with Crippen LogP contribution in [0.2, 0.25) is 0 Å². The highest BCUT2D eigenvalue weighted by Crippen LogP contribution is 2.24. The van der Waals surface area contributed by atoms with E-state index in [9.17, 15) is 0 Å². The van der Waals surface area contributed by atoms with Gasteiger partial charge in [0.05, 0.1) is 5.69 Å². The van der Waals surface area contributed by atoms with E-state index in [-0.39, 0.29) is 0 Å². The molecule has 0 aliphatic carbocycles. The van der Waals surface area contributed by atoms with Gasteiger partial charge >= 0.3 is 0 Å². The third kappa shape index (κ3) is 3.91. The topological polar surface area (TPSA) is 44.6 Å². The Kier molecular flexibility index (Phi) is 4.81. The Hall–Kier alpha value is -1.78. The molecule has 0 aromatic heterocycles. The van der Waals surface area contributed by atoms with Crippen molar-refractivity contribution in [2.75, 3.05) is 0 Å². The summed E-state index contributed by atoms with van der Waals surface area (Å²) in [6, 6.07) is 18.3. The van der Waals surface area contributed by atoms with Gasteiger partial charge in [0, 0.05) is 10.6 Å². The number of nitrogens with one attached hydrogen (secondary N) is 1. The van der Waals surface area contributed by atoms with Crippen LogP contribution in [-0.2, 0) is 5.75 Å². The molecule has 0 saturated heterocycles. The van der Waals surface area contributed by atoms with Crippen LogP contribution in [0.1, 0.15) is 5.56 Å². The quantitative estimate of drug-likeness (QED) is 0.372. The van der Waals surface area contributed by atoms with Crippen molar-refractivity contribution in [1.29, 1.82) is 0 Å². The molecular weight excluding hydrogens is 244 g/mol. The van der Waals surface area contributed by atoms with Crippen molar-refractivity contribution in [2.24, 2.45) is 4.99 Å². The molecule has 2 rings (SSSR count). The summed E-state index contributed by atoms with van der Waals surface area (Å²) >= 11 is 1.79. The van der Waals surface area contributed by atoms with Crippen molar-refractivity contribution >= 4 is 23.8 Å². The van der Waals surface area contributed by atoms with Crippen LogP contribution in [0.25, 0.3) is 0 Å². The Morgan fingerprint density at radius 3 is 2.44 bits per heavy atom. The summed E-state index contributed by atoms with van der Waals surface area (Å²) in [6.45, 7) is 0. The molecule has 0 aliphatic heterocycles. The highest BCUT2D eigenvalue weighted by Gasteiger charge is 1.96. The second-order valence-electron chi connectivity index (χ2n) is 3.66. The first kappa shape index (κ1) is 12.7. The molecule has 2 aromatic carbocycles. The van der Waals surface area contributed by atoms with Crippen LogP contribution in [0, 0.1) is 0 Å². The van der Waals surface area contributed by atoms with Gasteiger partial charge in [-0.25, -0.2) is 4.99 Å². The van der Waals surface area contributed by atoms with Crippen molar-refractivity contribution in [3.63, 3.8) is 0 Å². The molecule has 3 nitrogen and oxygen atoms in total. The van der Waals surface area contributed by atoms with Gasteiger partial charge in [-0.05, 0) is 29.8 Å². The van der Waals surface area contributed by atoms with Gasteiger partial charge in [-0.3, -0.25) is 10.7 Å². The molecule has 92 valence electrons. The van der Waals surface area contributed by atoms with E-state index in [4.69, 9.17) is 5.21 Å². The molecule has 0 aliphatic rings. The second-order valence-corrected chi connectivity index (χ2v) is 4.70. The summed E-state index contributed by atoms with van der Waals surface area (Å²) in [6.07, 6.45) is 1.24. The summed E-state index contributed by atoms with van der Waals surface area (Å²) in [5, 5.41) is 8.39. The minimum atomic E-state index is 0.806. The van der Waals surface area contributed by atoms with Crippen LogP contribution >= 0.6 is 11.8 Å².